The van der Waals surface area contributed by atoms with Crippen molar-refractivity contribution in [2.75, 3.05) is 0 Å². The summed E-state index contributed by atoms with van der Waals surface area (Å²) in [6, 6.07) is 23.2. The van der Waals surface area contributed by atoms with Crippen molar-refractivity contribution < 1.29 is 0 Å². The Morgan fingerprint density at radius 3 is 1.46 bits per heavy atom. The van der Waals surface area contributed by atoms with E-state index in [0.29, 0.717) is 11.8 Å². The molecule has 0 N–H and O–H groups in total. The van der Waals surface area contributed by atoms with E-state index in [9.17, 15) is 0 Å². The maximum absolute atomic E-state index is 2.56. The molecular formula is C39H44S2. The monoisotopic (exact) mass is 576 g/mol. The molecule has 2 unspecified atom stereocenters. The van der Waals surface area contributed by atoms with Crippen LogP contribution in [0.1, 0.15) is 121 Å². The summed E-state index contributed by atoms with van der Waals surface area (Å²) < 4.78 is 0. The maximum Gasteiger partial charge on any atom is 0.0340 e. The normalized spacial score (nSPS) is 17.9. The summed E-state index contributed by atoms with van der Waals surface area (Å²) in [4.78, 5) is 3.03. The minimum absolute atomic E-state index is 0.0216. The molecule has 41 heavy (non-hydrogen) atoms. The van der Waals surface area contributed by atoms with Gasteiger partial charge in [-0.05, 0) is 111 Å². The SMILES string of the molecule is CCCCCc1ccsc1C1=Cc2ccccc2C1C(C)(C)C1C(c2sccc2CCCCC)=Cc2ccccc21. The number of fused-ring (bicyclic) bond motifs is 2. The first-order chi connectivity index (χ1) is 20.0. The highest BCUT2D eigenvalue weighted by molar-refractivity contribution is 7.11. The Bertz CT molecular complexity index is 1440. The molecule has 2 aliphatic carbocycles. The molecule has 0 saturated heterocycles. The summed E-state index contributed by atoms with van der Waals surface area (Å²) in [6.07, 6.45) is 15.1. The molecule has 212 valence electrons. The summed E-state index contributed by atoms with van der Waals surface area (Å²) >= 11 is 3.91. The van der Waals surface area contributed by atoms with Crippen molar-refractivity contribution in [2.45, 2.75) is 90.9 Å². The van der Waals surface area contributed by atoms with E-state index in [1.54, 1.807) is 11.1 Å². The maximum atomic E-state index is 2.56. The first-order valence-electron chi connectivity index (χ1n) is 15.8. The van der Waals surface area contributed by atoms with Gasteiger partial charge in [-0.1, -0.05) is 102 Å². The van der Waals surface area contributed by atoms with E-state index in [-0.39, 0.29) is 5.41 Å². The Labute approximate surface area is 255 Å². The number of rotatable bonds is 12. The van der Waals surface area contributed by atoms with Gasteiger partial charge < -0.3 is 0 Å². The van der Waals surface area contributed by atoms with Crippen LogP contribution in [-0.4, -0.2) is 0 Å². The molecule has 0 spiro atoms. The molecule has 6 rings (SSSR count). The van der Waals surface area contributed by atoms with Gasteiger partial charge in [0.2, 0.25) is 0 Å². The van der Waals surface area contributed by atoms with Gasteiger partial charge in [-0.25, -0.2) is 0 Å². The highest BCUT2D eigenvalue weighted by Gasteiger charge is 2.48. The molecule has 2 atom stereocenters. The van der Waals surface area contributed by atoms with Crippen LogP contribution in [-0.2, 0) is 12.8 Å². The number of hydrogen-bond acceptors (Lipinski definition) is 2. The molecule has 0 saturated carbocycles. The third kappa shape index (κ3) is 5.35. The van der Waals surface area contributed by atoms with Gasteiger partial charge in [-0.2, -0.15) is 0 Å². The summed E-state index contributed by atoms with van der Waals surface area (Å²) in [6.45, 7) is 9.72. The zero-order valence-corrected chi connectivity index (χ0v) is 26.8. The lowest BCUT2D eigenvalue weighted by atomic mass is 9.61. The molecular weight excluding hydrogens is 533 g/mol. The fraction of sp³-hybridized carbons (Fsp3) is 0.385. The second-order valence-electron chi connectivity index (χ2n) is 12.6. The molecule has 0 bridgehead atoms. The lowest BCUT2D eigenvalue weighted by molar-refractivity contribution is 0.304. The van der Waals surface area contributed by atoms with Crippen molar-refractivity contribution in [2.24, 2.45) is 5.41 Å². The molecule has 0 nitrogen and oxygen atoms in total. The largest absolute Gasteiger partial charge is 0.144 e. The standard InChI is InChI=1S/C39H44S2/c1-5-7-9-15-27-21-23-40-37(27)33-25-29-17-11-13-19-31(29)35(33)39(3,4)36-32-20-14-12-18-30(32)26-34(36)38-28(22-24-41-38)16-10-8-6-2/h11-14,17-26,35-36H,5-10,15-16H2,1-4H3. The zero-order valence-electron chi connectivity index (χ0n) is 25.2. The van der Waals surface area contributed by atoms with Gasteiger partial charge in [0.15, 0.2) is 0 Å². The number of thiophene rings is 2. The Kier molecular flexibility index (Phi) is 8.52. The highest BCUT2D eigenvalue weighted by Crippen LogP contribution is 2.63. The smallest absolute Gasteiger partial charge is 0.0340 e. The average molecular weight is 577 g/mol. The van der Waals surface area contributed by atoms with E-state index >= 15 is 0 Å². The average Bonchev–Trinajstić information content (AvgIpc) is 3.77. The van der Waals surface area contributed by atoms with Gasteiger partial charge in [0, 0.05) is 21.6 Å². The number of unbranched alkanes of at least 4 members (excludes halogenated alkanes) is 4. The first-order valence-corrected chi connectivity index (χ1v) is 17.5. The van der Waals surface area contributed by atoms with E-state index in [4.69, 9.17) is 0 Å². The predicted octanol–water partition coefficient (Wildman–Crippen LogP) is 12.3. The topological polar surface area (TPSA) is 0 Å². The fourth-order valence-corrected chi connectivity index (χ4v) is 9.52. The van der Waals surface area contributed by atoms with Gasteiger partial charge in [0.25, 0.3) is 0 Å². The molecule has 2 aliphatic rings. The first kappa shape index (κ1) is 28.4. The molecule has 0 fully saturated rings. The Balaban J connectivity index is 1.45. The number of hydrogen-bond donors (Lipinski definition) is 0. The zero-order chi connectivity index (χ0) is 28.4. The number of aryl methyl sites for hydroxylation is 2. The van der Waals surface area contributed by atoms with Crippen LogP contribution in [0, 0.1) is 5.41 Å². The van der Waals surface area contributed by atoms with E-state index in [0.717, 1.165) is 0 Å². The van der Waals surface area contributed by atoms with Crippen LogP contribution in [0.25, 0.3) is 23.3 Å². The Hall–Kier alpha value is -2.68. The minimum atomic E-state index is -0.0216. The van der Waals surface area contributed by atoms with Crippen LogP contribution in [0.2, 0.25) is 0 Å². The van der Waals surface area contributed by atoms with E-state index in [1.165, 1.54) is 94.5 Å². The number of benzene rings is 2. The van der Waals surface area contributed by atoms with Crippen molar-refractivity contribution in [1.29, 1.82) is 0 Å². The second kappa shape index (κ2) is 12.3. The van der Waals surface area contributed by atoms with E-state index in [2.05, 4.69) is 111 Å². The van der Waals surface area contributed by atoms with E-state index in [1.807, 2.05) is 22.7 Å². The van der Waals surface area contributed by atoms with Crippen LogP contribution in [0.3, 0.4) is 0 Å². The van der Waals surface area contributed by atoms with E-state index < -0.39 is 0 Å². The highest BCUT2D eigenvalue weighted by atomic mass is 32.1. The summed E-state index contributed by atoms with van der Waals surface area (Å²) in [5.41, 5.74) is 11.9. The van der Waals surface area contributed by atoms with Crippen LogP contribution < -0.4 is 0 Å². The molecule has 0 amide bonds. The van der Waals surface area contributed by atoms with Crippen molar-refractivity contribution in [3.63, 3.8) is 0 Å². The second-order valence-corrected chi connectivity index (χ2v) is 14.4. The van der Waals surface area contributed by atoms with Gasteiger partial charge >= 0.3 is 0 Å². The molecule has 2 heteroatoms. The Morgan fingerprint density at radius 2 is 1.02 bits per heavy atom. The molecule has 2 heterocycles. The quantitative estimate of drug-likeness (QED) is 0.147. The summed E-state index contributed by atoms with van der Waals surface area (Å²) in [5.74, 6) is 0.677. The third-order valence-corrected chi connectivity index (χ3v) is 11.5. The predicted molar refractivity (Wildman–Crippen MR) is 183 cm³/mol. The lowest BCUT2D eigenvalue weighted by Gasteiger charge is -2.42. The van der Waals surface area contributed by atoms with Crippen molar-refractivity contribution in [3.05, 3.63) is 115 Å². The molecule has 4 aromatic rings. The molecule has 0 radical (unpaired) electrons. The minimum Gasteiger partial charge on any atom is -0.144 e. The van der Waals surface area contributed by atoms with Crippen LogP contribution in [0.15, 0.2) is 71.4 Å². The van der Waals surface area contributed by atoms with Crippen molar-refractivity contribution >= 4 is 46.0 Å². The number of allylic oxidation sites excluding steroid dienone is 2. The van der Waals surface area contributed by atoms with Gasteiger partial charge in [-0.3, -0.25) is 0 Å². The van der Waals surface area contributed by atoms with Gasteiger partial charge in [0.05, 0.1) is 0 Å². The molecule has 2 aromatic heterocycles. The van der Waals surface area contributed by atoms with Crippen LogP contribution >= 0.6 is 22.7 Å². The van der Waals surface area contributed by atoms with Crippen molar-refractivity contribution in [1.82, 2.24) is 0 Å². The van der Waals surface area contributed by atoms with Crippen LogP contribution in [0.5, 0.6) is 0 Å². The van der Waals surface area contributed by atoms with Gasteiger partial charge in [-0.15, -0.1) is 22.7 Å². The fourth-order valence-electron chi connectivity index (χ4n) is 7.51. The summed E-state index contributed by atoms with van der Waals surface area (Å²) in [7, 11) is 0. The van der Waals surface area contributed by atoms with Crippen molar-refractivity contribution in [3.8, 4) is 0 Å². The molecule has 2 aromatic carbocycles. The Morgan fingerprint density at radius 1 is 0.585 bits per heavy atom. The van der Waals surface area contributed by atoms with Crippen LogP contribution in [0.4, 0.5) is 0 Å². The summed E-state index contributed by atoms with van der Waals surface area (Å²) in [5, 5.41) is 4.66. The third-order valence-electron chi connectivity index (χ3n) is 9.46. The van der Waals surface area contributed by atoms with Gasteiger partial charge in [0.1, 0.15) is 0 Å². The molecule has 0 aliphatic heterocycles. The lowest BCUT2D eigenvalue weighted by Crippen LogP contribution is -2.30.